The van der Waals surface area contributed by atoms with Crippen LogP contribution in [0.3, 0.4) is 0 Å². The normalized spacial score (nSPS) is 19.5. The van der Waals surface area contributed by atoms with Crippen molar-refractivity contribution in [2.45, 2.75) is 253 Å². The summed E-state index contributed by atoms with van der Waals surface area (Å²) in [5.41, 5.74) is -11.5. The van der Waals surface area contributed by atoms with Crippen LogP contribution in [-0.2, 0) is 73.9 Å². The maximum Gasteiger partial charge on any atom is 0.432 e. The van der Waals surface area contributed by atoms with Gasteiger partial charge in [-0.15, -0.1) is 0 Å². The summed E-state index contributed by atoms with van der Waals surface area (Å²) in [6.07, 6.45) is -4.05. The third kappa shape index (κ3) is 19.3. The van der Waals surface area contributed by atoms with Crippen LogP contribution in [0, 0.1) is 0 Å². The van der Waals surface area contributed by atoms with Gasteiger partial charge in [0.1, 0.15) is 24.4 Å². The Morgan fingerprint density at radius 3 is 1.09 bits per heavy atom. The standard InChI is InChI=1S/C67H89F9O12/c1-6-7-8-9-10-11-14-17-20-32-41-54(87-60(79)63(82-4,66(71,72)73)51-36-27-23-28-37-51)56-45-46-57(86-56)55(88-61(80)64(83-5,67(74,75)76)52-38-29-24-30-39-52)42-33-21-18-15-12-13-16-19-31-40-53(44-43-49-47-48(2)84-58(49)77)85-59(78)62(81-3,65(68,69)70)50-34-25-22-26-35-50/h22-30,34-39,47-48,53-57H,6-21,31-33,40-46H2,1-5H3/t48-,53-,54+,55+,56+,57+,62-,63-,64-/m0/s1. The van der Waals surface area contributed by atoms with Crippen molar-refractivity contribution in [3.63, 3.8) is 0 Å². The van der Waals surface area contributed by atoms with E-state index >= 15 is 26.3 Å². The molecule has 0 N–H and O–H groups in total. The van der Waals surface area contributed by atoms with E-state index in [0.717, 1.165) is 128 Å². The van der Waals surface area contributed by atoms with E-state index in [4.69, 9.17) is 37.9 Å². The first-order valence-corrected chi connectivity index (χ1v) is 31.2. The van der Waals surface area contributed by atoms with Gasteiger partial charge >= 0.3 is 42.4 Å². The molecule has 1 fully saturated rings. The first-order chi connectivity index (χ1) is 42.0. The average molecular weight is 1260 g/mol. The number of hydrogen-bond donors (Lipinski definition) is 0. The highest BCUT2D eigenvalue weighted by atomic mass is 19.4. The molecule has 0 aromatic heterocycles. The number of alkyl halides is 9. The van der Waals surface area contributed by atoms with E-state index in [2.05, 4.69) is 6.92 Å². The van der Waals surface area contributed by atoms with Gasteiger partial charge in [-0.1, -0.05) is 201 Å². The van der Waals surface area contributed by atoms with Crippen molar-refractivity contribution >= 4 is 23.9 Å². The van der Waals surface area contributed by atoms with Gasteiger partial charge in [-0.25, -0.2) is 19.2 Å². The summed E-state index contributed by atoms with van der Waals surface area (Å²) < 4.78 is 179. The van der Waals surface area contributed by atoms with Crippen LogP contribution in [0.1, 0.15) is 197 Å². The third-order valence-corrected chi connectivity index (χ3v) is 16.8. The Morgan fingerprint density at radius 2 is 0.784 bits per heavy atom. The van der Waals surface area contributed by atoms with E-state index in [9.17, 15) is 32.3 Å². The molecule has 0 saturated carbocycles. The monoisotopic (exact) mass is 1260 g/mol. The number of hydrogen-bond acceptors (Lipinski definition) is 12. The quantitative estimate of drug-likeness (QED) is 0.0231. The maximum absolute atomic E-state index is 15.2. The minimum Gasteiger partial charge on any atom is -0.460 e. The summed E-state index contributed by atoms with van der Waals surface area (Å²) in [5.74, 6) is -5.60. The minimum absolute atomic E-state index is 0.0381. The summed E-state index contributed by atoms with van der Waals surface area (Å²) in [7, 11) is 2.32. The zero-order valence-electron chi connectivity index (χ0n) is 51.4. The van der Waals surface area contributed by atoms with Gasteiger partial charge in [0.2, 0.25) is 0 Å². The Morgan fingerprint density at radius 1 is 0.466 bits per heavy atom. The highest BCUT2D eigenvalue weighted by Gasteiger charge is 2.67. The van der Waals surface area contributed by atoms with Crippen LogP contribution in [0.4, 0.5) is 39.5 Å². The molecule has 21 heteroatoms. The van der Waals surface area contributed by atoms with Crippen molar-refractivity contribution in [1.29, 1.82) is 0 Å². The predicted octanol–water partition coefficient (Wildman–Crippen LogP) is 16.8. The largest absolute Gasteiger partial charge is 0.460 e. The number of benzene rings is 3. The Balaban J connectivity index is 1.24. The fourth-order valence-electron chi connectivity index (χ4n) is 11.9. The molecule has 3 aromatic rings. The molecule has 492 valence electrons. The van der Waals surface area contributed by atoms with Gasteiger partial charge in [-0.3, -0.25) is 0 Å². The lowest BCUT2D eigenvalue weighted by atomic mass is 9.92. The van der Waals surface area contributed by atoms with Crippen LogP contribution in [-0.4, -0.2) is 100 Å². The van der Waals surface area contributed by atoms with Gasteiger partial charge in [0.05, 0.1) is 12.2 Å². The van der Waals surface area contributed by atoms with Gasteiger partial charge in [0.25, 0.3) is 16.8 Å². The Kier molecular flexibility index (Phi) is 29.3. The Bertz CT molecular complexity index is 2580. The van der Waals surface area contributed by atoms with E-state index in [1.807, 2.05) is 0 Å². The Labute approximate surface area is 512 Å². The number of rotatable bonds is 40. The predicted molar refractivity (Wildman–Crippen MR) is 311 cm³/mol. The van der Waals surface area contributed by atoms with Crippen molar-refractivity contribution in [2.75, 3.05) is 21.3 Å². The second-order valence-corrected chi connectivity index (χ2v) is 23.0. The van der Waals surface area contributed by atoms with Crippen molar-refractivity contribution in [2.24, 2.45) is 0 Å². The van der Waals surface area contributed by atoms with E-state index in [-0.39, 0.29) is 44.9 Å². The smallest absolute Gasteiger partial charge is 0.432 e. The highest BCUT2D eigenvalue weighted by molar-refractivity contribution is 5.91. The summed E-state index contributed by atoms with van der Waals surface area (Å²) in [4.78, 5) is 54.3. The molecule has 0 amide bonds. The fraction of sp³-hybridized carbons (Fsp3) is 0.642. The number of halogens is 9. The van der Waals surface area contributed by atoms with Crippen molar-refractivity contribution in [3.05, 3.63) is 119 Å². The third-order valence-electron chi connectivity index (χ3n) is 16.8. The lowest BCUT2D eigenvalue weighted by molar-refractivity contribution is -0.281. The molecular formula is C67H89F9O12. The SMILES string of the molecule is CCCCCCCCCCCC[C@@H](OC(=O)[C@@](OC)(c1ccccc1)C(F)(F)F)[C@H]1CC[C@H]([C@@H](CCCCCCCCCCC[C@@H](CCC2=C[C@H](C)OC2=O)OC(=O)[C@@](OC)(c2ccccc2)C(F)(F)F)OC(=O)[C@@](OC)(c2ccccc2)C(F)(F)F)O1. The van der Waals surface area contributed by atoms with Crippen LogP contribution in [0.15, 0.2) is 103 Å². The van der Waals surface area contributed by atoms with Gasteiger partial charge in [0.15, 0.2) is 0 Å². The summed E-state index contributed by atoms with van der Waals surface area (Å²) in [5, 5.41) is 0. The summed E-state index contributed by atoms with van der Waals surface area (Å²) in [6, 6.07) is 19.2. The fourth-order valence-corrected chi connectivity index (χ4v) is 11.9. The number of carbonyl (C=O) groups excluding carboxylic acids is 4. The van der Waals surface area contributed by atoms with Gasteiger partial charge < -0.3 is 37.9 Å². The highest BCUT2D eigenvalue weighted by Crippen LogP contribution is 2.47. The molecule has 2 aliphatic heterocycles. The first kappa shape index (κ1) is 73.2. The molecule has 0 aliphatic carbocycles. The zero-order chi connectivity index (χ0) is 64.4. The number of methoxy groups -OCH3 is 3. The van der Waals surface area contributed by atoms with E-state index in [1.54, 1.807) is 13.0 Å². The van der Waals surface area contributed by atoms with Gasteiger partial charge in [0, 0.05) is 43.6 Å². The minimum atomic E-state index is -5.29. The molecule has 88 heavy (non-hydrogen) atoms. The maximum atomic E-state index is 15.2. The number of carbonyl (C=O) groups is 4. The van der Waals surface area contributed by atoms with E-state index < -0.39 is 113 Å². The second kappa shape index (κ2) is 35.2. The summed E-state index contributed by atoms with van der Waals surface area (Å²) in [6.45, 7) is 3.82. The molecule has 2 heterocycles. The van der Waals surface area contributed by atoms with Crippen molar-refractivity contribution in [3.8, 4) is 0 Å². The van der Waals surface area contributed by atoms with Crippen LogP contribution >= 0.6 is 0 Å². The first-order valence-electron chi connectivity index (χ1n) is 31.2. The molecule has 0 spiro atoms. The second-order valence-electron chi connectivity index (χ2n) is 23.0. The molecule has 3 aromatic carbocycles. The molecule has 1 saturated heterocycles. The topological polar surface area (TPSA) is 142 Å². The molecule has 5 rings (SSSR count). The molecule has 9 atom stereocenters. The zero-order valence-corrected chi connectivity index (χ0v) is 51.4. The van der Waals surface area contributed by atoms with Crippen LogP contribution in [0.5, 0.6) is 0 Å². The molecule has 12 nitrogen and oxygen atoms in total. The molecule has 0 bridgehead atoms. The van der Waals surface area contributed by atoms with Crippen LogP contribution in [0.25, 0.3) is 0 Å². The van der Waals surface area contributed by atoms with Crippen LogP contribution < -0.4 is 0 Å². The summed E-state index contributed by atoms with van der Waals surface area (Å²) >= 11 is 0. The van der Waals surface area contributed by atoms with Gasteiger partial charge in [-0.05, 0) is 77.2 Å². The van der Waals surface area contributed by atoms with Crippen molar-refractivity contribution < 1.29 is 96.6 Å². The molecule has 0 unspecified atom stereocenters. The van der Waals surface area contributed by atoms with E-state index in [1.165, 1.54) is 61.0 Å². The number of ether oxygens (including phenoxy) is 8. The lowest BCUT2D eigenvalue weighted by Gasteiger charge is -2.36. The number of cyclic esters (lactones) is 1. The van der Waals surface area contributed by atoms with Crippen molar-refractivity contribution in [1.82, 2.24) is 0 Å². The lowest BCUT2D eigenvalue weighted by Crippen LogP contribution is -2.53. The average Bonchev–Trinajstić information content (AvgIpc) is 2.01. The van der Waals surface area contributed by atoms with Crippen LogP contribution in [0.2, 0.25) is 0 Å². The molecule has 2 aliphatic rings. The van der Waals surface area contributed by atoms with E-state index in [0.29, 0.717) is 50.5 Å². The van der Waals surface area contributed by atoms with Gasteiger partial charge in [-0.2, -0.15) is 39.5 Å². The Hall–Kier alpha value is -5.51. The number of esters is 4. The molecule has 0 radical (unpaired) electrons. The number of unbranched alkanes of at least 4 members (excludes halogenated alkanes) is 17. The molecular weight excluding hydrogens is 1170 g/mol.